The minimum Gasteiger partial charge on any atom is -0.496 e. The molecular weight excluding hydrogens is 226 g/mol. The molecule has 16 heavy (non-hydrogen) atoms. The summed E-state index contributed by atoms with van der Waals surface area (Å²) in [6.07, 6.45) is 0. The number of hydrogen-bond acceptors (Lipinski definition) is 3. The molecule has 1 heterocycles. The Hall–Kier alpha value is -0.770. The van der Waals surface area contributed by atoms with Crippen molar-refractivity contribution in [1.82, 2.24) is 5.32 Å². The quantitative estimate of drug-likeness (QED) is 0.862. The number of morpholine rings is 1. The number of hydrogen-bond donors (Lipinski definition) is 1. The molecule has 1 aliphatic heterocycles. The van der Waals surface area contributed by atoms with Crippen molar-refractivity contribution in [3.8, 4) is 5.75 Å². The highest BCUT2D eigenvalue weighted by molar-refractivity contribution is 6.31. The molecule has 0 aliphatic carbocycles. The summed E-state index contributed by atoms with van der Waals surface area (Å²) < 4.78 is 10.7. The second-order valence-corrected chi connectivity index (χ2v) is 4.33. The molecule has 0 radical (unpaired) electrons. The largest absolute Gasteiger partial charge is 0.496 e. The summed E-state index contributed by atoms with van der Waals surface area (Å²) >= 11 is 6.24. The van der Waals surface area contributed by atoms with Crippen LogP contribution in [0.3, 0.4) is 0 Å². The van der Waals surface area contributed by atoms with Gasteiger partial charge in [-0.05, 0) is 30.2 Å². The fourth-order valence-corrected chi connectivity index (χ4v) is 2.27. The third kappa shape index (κ3) is 2.32. The van der Waals surface area contributed by atoms with E-state index in [-0.39, 0.29) is 6.04 Å². The van der Waals surface area contributed by atoms with Gasteiger partial charge in [-0.3, -0.25) is 0 Å². The predicted molar refractivity (Wildman–Crippen MR) is 64.3 cm³/mol. The fraction of sp³-hybridized carbons (Fsp3) is 0.500. The highest BCUT2D eigenvalue weighted by atomic mass is 35.5. The molecule has 1 aromatic rings. The minimum atomic E-state index is 0.163. The summed E-state index contributed by atoms with van der Waals surface area (Å²) in [5.74, 6) is 0.867. The van der Waals surface area contributed by atoms with Crippen LogP contribution in [0.4, 0.5) is 0 Å². The molecule has 1 unspecified atom stereocenters. The van der Waals surface area contributed by atoms with Gasteiger partial charge in [0, 0.05) is 11.6 Å². The number of rotatable bonds is 2. The average molecular weight is 242 g/mol. The Morgan fingerprint density at radius 1 is 1.50 bits per heavy atom. The summed E-state index contributed by atoms with van der Waals surface area (Å²) in [4.78, 5) is 0. The van der Waals surface area contributed by atoms with E-state index in [0.717, 1.165) is 35.1 Å². The van der Waals surface area contributed by atoms with Crippen LogP contribution in [-0.2, 0) is 4.74 Å². The molecule has 0 spiro atoms. The molecule has 88 valence electrons. The van der Waals surface area contributed by atoms with Gasteiger partial charge >= 0.3 is 0 Å². The van der Waals surface area contributed by atoms with Crippen molar-refractivity contribution in [2.45, 2.75) is 13.0 Å². The number of benzene rings is 1. The maximum atomic E-state index is 6.24. The fourth-order valence-electron chi connectivity index (χ4n) is 1.92. The molecule has 1 aromatic carbocycles. The lowest BCUT2D eigenvalue weighted by Crippen LogP contribution is -2.34. The topological polar surface area (TPSA) is 30.5 Å². The van der Waals surface area contributed by atoms with Crippen LogP contribution < -0.4 is 10.1 Å². The first-order valence-electron chi connectivity index (χ1n) is 5.37. The molecule has 0 bridgehead atoms. The van der Waals surface area contributed by atoms with Gasteiger partial charge in [0.15, 0.2) is 0 Å². The van der Waals surface area contributed by atoms with Gasteiger partial charge in [0.1, 0.15) is 5.75 Å². The Morgan fingerprint density at radius 2 is 2.31 bits per heavy atom. The van der Waals surface area contributed by atoms with Crippen molar-refractivity contribution >= 4 is 11.6 Å². The van der Waals surface area contributed by atoms with Gasteiger partial charge in [-0.2, -0.15) is 0 Å². The lowest BCUT2D eigenvalue weighted by atomic mass is 10.0. The molecule has 2 rings (SSSR count). The van der Waals surface area contributed by atoms with E-state index in [1.54, 1.807) is 7.11 Å². The Bertz CT molecular complexity index is 376. The van der Waals surface area contributed by atoms with Crippen LogP contribution >= 0.6 is 11.6 Å². The third-order valence-electron chi connectivity index (χ3n) is 2.81. The first kappa shape index (κ1) is 11.7. The summed E-state index contributed by atoms with van der Waals surface area (Å²) in [5.41, 5.74) is 2.09. The normalized spacial score (nSPS) is 20.8. The van der Waals surface area contributed by atoms with Crippen molar-refractivity contribution in [2.75, 3.05) is 26.9 Å². The van der Waals surface area contributed by atoms with Crippen LogP contribution in [0.1, 0.15) is 17.2 Å². The molecule has 0 saturated carbocycles. The van der Waals surface area contributed by atoms with Crippen LogP contribution in [-0.4, -0.2) is 26.9 Å². The van der Waals surface area contributed by atoms with E-state index in [1.807, 2.05) is 19.1 Å². The molecule has 4 heteroatoms. The molecule has 1 N–H and O–H groups in total. The van der Waals surface area contributed by atoms with E-state index in [2.05, 4.69) is 5.32 Å². The number of aryl methyl sites for hydroxylation is 1. The van der Waals surface area contributed by atoms with E-state index >= 15 is 0 Å². The van der Waals surface area contributed by atoms with E-state index in [9.17, 15) is 0 Å². The van der Waals surface area contributed by atoms with Crippen LogP contribution in [0.5, 0.6) is 5.75 Å². The van der Waals surface area contributed by atoms with Crippen LogP contribution in [0.25, 0.3) is 0 Å². The third-order valence-corrected chi connectivity index (χ3v) is 3.14. The van der Waals surface area contributed by atoms with Crippen LogP contribution in [0.15, 0.2) is 12.1 Å². The SMILES string of the molecule is COc1cc(C2COCCN2)c(Cl)cc1C. The lowest BCUT2D eigenvalue weighted by molar-refractivity contribution is 0.0768. The van der Waals surface area contributed by atoms with Crippen LogP contribution in [0, 0.1) is 6.92 Å². The average Bonchev–Trinajstić information content (AvgIpc) is 2.30. The summed E-state index contributed by atoms with van der Waals surface area (Å²) in [7, 11) is 1.67. The summed E-state index contributed by atoms with van der Waals surface area (Å²) in [6, 6.07) is 4.09. The van der Waals surface area contributed by atoms with Gasteiger partial charge < -0.3 is 14.8 Å². The van der Waals surface area contributed by atoms with Crippen molar-refractivity contribution in [3.05, 3.63) is 28.3 Å². The van der Waals surface area contributed by atoms with E-state index < -0.39 is 0 Å². The molecule has 3 nitrogen and oxygen atoms in total. The monoisotopic (exact) mass is 241 g/mol. The van der Waals surface area contributed by atoms with E-state index in [1.165, 1.54) is 0 Å². The second-order valence-electron chi connectivity index (χ2n) is 3.92. The number of halogens is 1. The van der Waals surface area contributed by atoms with Gasteiger partial charge in [0.25, 0.3) is 0 Å². The molecule has 0 aromatic heterocycles. The highest BCUT2D eigenvalue weighted by Gasteiger charge is 2.19. The van der Waals surface area contributed by atoms with E-state index in [0.29, 0.717) is 6.61 Å². The van der Waals surface area contributed by atoms with Crippen molar-refractivity contribution in [1.29, 1.82) is 0 Å². The molecule has 0 amide bonds. The van der Waals surface area contributed by atoms with Gasteiger partial charge in [-0.1, -0.05) is 11.6 Å². The first-order valence-corrected chi connectivity index (χ1v) is 5.75. The molecular formula is C12H16ClNO2. The molecule has 1 fully saturated rings. The number of methoxy groups -OCH3 is 1. The first-order chi connectivity index (χ1) is 7.72. The minimum absolute atomic E-state index is 0.163. The number of ether oxygens (including phenoxy) is 2. The standard InChI is InChI=1S/C12H16ClNO2/c1-8-5-10(13)9(6-12(8)15-2)11-7-16-4-3-14-11/h5-6,11,14H,3-4,7H2,1-2H3. The van der Waals surface area contributed by atoms with Crippen molar-refractivity contribution in [3.63, 3.8) is 0 Å². The zero-order chi connectivity index (χ0) is 11.5. The van der Waals surface area contributed by atoms with Gasteiger partial charge in [0.05, 0.1) is 26.4 Å². The highest BCUT2D eigenvalue weighted by Crippen LogP contribution is 2.31. The lowest BCUT2D eigenvalue weighted by Gasteiger charge is -2.25. The van der Waals surface area contributed by atoms with Gasteiger partial charge in [-0.15, -0.1) is 0 Å². The van der Waals surface area contributed by atoms with Crippen molar-refractivity contribution in [2.24, 2.45) is 0 Å². The second kappa shape index (κ2) is 5.04. The maximum Gasteiger partial charge on any atom is 0.122 e. The zero-order valence-corrected chi connectivity index (χ0v) is 10.3. The zero-order valence-electron chi connectivity index (χ0n) is 9.55. The number of nitrogens with one attached hydrogen (secondary N) is 1. The van der Waals surface area contributed by atoms with Crippen LogP contribution in [0.2, 0.25) is 5.02 Å². The Labute approximate surface area is 101 Å². The maximum absolute atomic E-state index is 6.24. The molecule has 1 atom stereocenters. The van der Waals surface area contributed by atoms with Gasteiger partial charge in [-0.25, -0.2) is 0 Å². The Kier molecular flexibility index (Phi) is 3.69. The molecule has 1 aliphatic rings. The summed E-state index contributed by atoms with van der Waals surface area (Å²) in [5, 5.41) is 4.15. The smallest absolute Gasteiger partial charge is 0.122 e. The van der Waals surface area contributed by atoms with E-state index in [4.69, 9.17) is 21.1 Å². The Balaban J connectivity index is 2.31. The van der Waals surface area contributed by atoms with Gasteiger partial charge in [0.2, 0.25) is 0 Å². The molecule has 1 saturated heterocycles. The summed E-state index contributed by atoms with van der Waals surface area (Å²) in [6.45, 7) is 4.26. The predicted octanol–water partition coefficient (Wildman–Crippen LogP) is 2.32. The van der Waals surface area contributed by atoms with Crippen molar-refractivity contribution < 1.29 is 9.47 Å². The Morgan fingerprint density at radius 3 is 2.94 bits per heavy atom.